The molecule has 0 spiro atoms. The van der Waals surface area contributed by atoms with Crippen LogP contribution in [0, 0.1) is 5.92 Å². The number of anilines is 1. The molecule has 0 aliphatic heterocycles. The second-order valence-electron chi connectivity index (χ2n) is 5.50. The molecule has 1 aliphatic rings. The fourth-order valence-electron chi connectivity index (χ4n) is 3.01. The molecule has 1 N–H and O–H groups in total. The van der Waals surface area contributed by atoms with Gasteiger partial charge in [0.25, 0.3) is 0 Å². The molecule has 0 amide bonds. The minimum atomic E-state index is 0.556. The smallest absolute Gasteiger partial charge is 0.0991 e. The molecule has 3 heteroatoms. The second kappa shape index (κ2) is 5.47. The Balaban J connectivity index is 1.72. The van der Waals surface area contributed by atoms with E-state index in [1.807, 2.05) is 17.1 Å². The molecule has 1 fully saturated rings. The minimum Gasteiger partial charge on any atom is -0.382 e. The molecule has 1 atom stereocenters. The van der Waals surface area contributed by atoms with Gasteiger partial charge in [-0.2, -0.15) is 0 Å². The third-order valence-corrected chi connectivity index (χ3v) is 4.15. The van der Waals surface area contributed by atoms with Crippen molar-refractivity contribution in [1.82, 2.24) is 9.55 Å². The van der Waals surface area contributed by atoms with Crippen LogP contribution in [0.4, 0.5) is 5.69 Å². The van der Waals surface area contributed by atoms with Crippen LogP contribution in [0.2, 0.25) is 0 Å². The highest BCUT2D eigenvalue weighted by Crippen LogP contribution is 2.29. The zero-order chi connectivity index (χ0) is 13.1. The number of benzene rings is 1. The van der Waals surface area contributed by atoms with E-state index >= 15 is 0 Å². The molecule has 3 nitrogen and oxygen atoms in total. The Morgan fingerprint density at radius 1 is 1.32 bits per heavy atom. The lowest BCUT2D eigenvalue weighted by Crippen LogP contribution is -2.23. The maximum Gasteiger partial charge on any atom is 0.0991 e. The summed E-state index contributed by atoms with van der Waals surface area (Å²) in [5.74, 6) is 0.830. The van der Waals surface area contributed by atoms with Crippen LogP contribution in [-0.4, -0.2) is 15.6 Å². The maximum atomic E-state index is 4.09. The summed E-state index contributed by atoms with van der Waals surface area (Å²) in [7, 11) is 0. The topological polar surface area (TPSA) is 29.9 Å². The van der Waals surface area contributed by atoms with Gasteiger partial charge >= 0.3 is 0 Å². The molecule has 1 heterocycles. The van der Waals surface area contributed by atoms with Crippen molar-refractivity contribution in [3.05, 3.63) is 43.0 Å². The molecular weight excluding hydrogens is 234 g/mol. The maximum absolute atomic E-state index is 4.09. The predicted octanol–water partition coefficient (Wildman–Crippen LogP) is 3.86. The van der Waals surface area contributed by atoms with Gasteiger partial charge in [0.15, 0.2) is 0 Å². The standard InChI is InChI=1S/C16H21N3/c1-13(14-5-2-3-6-14)18-15-7-4-8-16(11-15)19-10-9-17-12-19/h4,7-14,18H,2-3,5-6H2,1H3. The number of nitrogens with zero attached hydrogens (tertiary/aromatic N) is 2. The van der Waals surface area contributed by atoms with Crippen LogP contribution in [0.5, 0.6) is 0 Å². The minimum absolute atomic E-state index is 0.556. The average Bonchev–Trinajstić information content (AvgIpc) is 3.13. The van der Waals surface area contributed by atoms with Crippen molar-refractivity contribution >= 4 is 5.69 Å². The zero-order valence-corrected chi connectivity index (χ0v) is 11.4. The van der Waals surface area contributed by atoms with Crippen molar-refractivity contribution in [2.45, 2.75) is 38.6 Å². The van der Waals surface area contributed by atoms with E-state index in [1.54, 1.807) is 6.20 Å². The Kier molecular flexibility index (Phi) is 3.53. The van der Waals surface area contributed by atoms with E-state index in [0.29, 0.717) is 6.04 Å². The van der Waals surface area contributed by atoms with Gasteiger partial charge in [-0.1, -0.05) is 18.9 Å². The van der Waals surface area contributed by atoms with E-state index in [0.717, 1.165) is 11.6 Å². The Labute approximate surface area is 114 Å². The van der Waals surface area contributed by atoms with Crippen LogP contribution in [0.3, 0.4) is 0 Å². The molecule has 1 aromatic carbocycles. The molecule has 3 rings (SSSR count). The van der Waals surface area contributed by atoms with Gasteiger partial charge in [0.1, 0.15) is 0 Å². The largest absolute Gasteiger partial charge is 0.382 e. The van der Waals surface area contributed by atoms with E-state index < -0.39 is 0 Å². The molecule has 0 saturated heterocycles. The van der Waals surface area contributed by atoms with Gasteiger partial charge < -0.3 is 9.88 Å². The summed E-state index contributed by atoms with van der Waals surface area (Å²) in [4.78, 5) is 4.09. The van der Waals surface area contributed by atoms with Crippen molar-refractivity contribution in [2.24, 2.45) is 5.92 Å². The van der Waals surface area contributed by atoms with Gasteiger partial charge in [0, 0.05) is 29.8 Å². The average molecular weight is 255 g/mol. The number of rotatable bonds is 4. The molecule has 1 aliphatic carbocycles. The summed E-state index contributed by atoms with van der Waals surface area (Å²) < 4.78 is 2.03. The van der Waals surface area contributed by atoms with E-state index in [9.17, 15) is 0 Å². The molecule has 1 saturated carbocycles. The first-order chi connectivity index (χ1) is 9.33. The fraction of sp³-hybridized carbons (Fsp3) is 0.438. The zero-order valence-electron chi connectivity index (χ0n) is 11.4. The van der Waals surface area contributed by atoms with Crippen LogP contribution in [0.15, 0.2) is 43.0 Å². The number of nitrogens with one attached hydrogen (secondary N) is 1. The van der Waals surface area contributed by atoms with Gasteiger partial charge in [-0.3, -0.25) is 0 Å². The monoisotopic (exact) mass is 255 g/mol. The van der Waals surface area contributed by atoms with Gasteiger partial charge in [0.05, 0.1) is 6.33 Å². The van der Waals surface area contributed by atoms with E-state index in [-0.39, 0.29) is 0 Å². The van der Waals surface area contributed by atoms with Crippen molar-refractivity contribution in [2.75, 3.05) is 5.32 Å². The van der Waals surface area contributed by atoms with E-state index in [1.165, 1.54) is 31.4 Å². The van der Waals surface area contributed by atoms with Crippen molar-refractivity contribution in [3.8, 4) is 5.69 Å². The van der Waals surface area contributed by atoms with Crippen LogP contribution >= 0.6 is 0 Å². The number of aromatic nitrogens is 2. The van der Waals surface area contributed by atoms with Gasteiger partial charge in [-0.25, -0.2) is 4.98 Å². The highest BCUT2D eigenvalue weighted by Gasteiger charge is 2.21. The van der Waals surface area contributed by atoms with Gasteiger partial charge in [-0.15, -0.1) is 0 Å². The Hall–Kier alpha value is -1.77. The van der Waals surface area contributed by atoms with Gasteiger partial charge in [-0.05, 0) is 43.9 Å². The quantitative estimate of drug-likeness (QED) is 0.899. The molecule has 100 valence electrons. The lowest BCUT2D eigenvalue weighted by atomic mass is 9.99. The summed E-state index contributed by atoms with van der Waals surface area (Å²) in [6.07, 6.45) is 11.1. The predicted molar refractivity (Wildman–Crippen MR) is 78.6 cm³/mol. The molecule has 0 radical (unpaired) electrons. The molecule has 0 bridgehead atoms. The van der Waals surface area contributed by atoms with Crippen LogP contribution in [0.25, 0.3) is 5.69 Å². The summed E-state index contributed by atoms with van der Waals surface area (Å²) in [5.41, 5.74) is 2.35. The number of hydrogen-bond acceptors (Lipinski definition) is 2. The summed E-state index contributed by atoms with van der Waals surface area (Å²) in [6, 6.07) is 9.09. The lowest BCUT2D eigenvalue weighted by Gasteiger charge is -2.22. The normalized spacial score (nSPS) is 17.5. The SMILES string of the molecule is CC(Nc1cccc(-n2ccnc2)c1)C1CCCC1. The van der Waals surface area contributed by atoms with Crippen molar-refractivity contribution in [1.29, 1.82) is 0 Å². The fourth-order valence-corrected chi connectivity index (χ4v) is 3.01. The van der Waals surface area contributed by atoms with Crippen molar-refractivity contribution in [3.63, 3.8) is 0 Å². The summed E-state index contributed by atoms with van der Waals surface area (Å²) in [5, 5.41) is 3.65. The molecule has 2 aromatic rings. The third kappa shape index (κ3) is 2.80. The van der Waals surface area contributed by atoms with Crippen LogP contribution in [0.1, 0.15) is 32.6 Å². The Morgan fingerprint density at radius 2 is 2.16 bits per heavy atom. The van der Waals surface area contributed by atoms with Crippen molar-refractivity contribution < 1.29 is 0 Å². The number of hydrogen-bond donors (Lipinski definition) is 1. The summed E-state index contributed by atoms with van der Waals surface area (Å²) >= 11 is 0. The van der Waals surface area contributed by atoms with E-state index in [4.69, 9.17) is 0 Å². The molecule has 1 unspecified atom stereocenters. The first-order valence-electron chi connectivity index (χ1n) is 7.18. The lowest BCUT2D eigenvalue weighted by molar-refractivity contribution is 0.482. The first kappa shape index (κ1) is 12.3. The second-order valence-corrected chi connectivity index (χ2v) is 5.50. The highest BCUT2D eigenvalue weighted by molar-refractivity contribution is 5.51. The molecule has 19 heavy (non-hydrogen) atoms. The first-order valence-corrected chi connectivity index (χ1v) is 7.18. The third-order valence-electron chi connectivity index (χ3n) is 4.15. The summed E-state index contributed by atoms with van der Waals surface area (Å²) in [6.45, 7) is 2.31. The highest BCUT2D eigenvalue weighted by atomic mass is 15.0. The molecular formula is C16H21N3. The number of imidazole rings is 1. The molecule has 1 aromatic heterocycles. The van der Waals surface area contributed by atoms with Crippen LogP contribution < -0.4 is 5.32 Å². The van der Waals surface area contributed by atoms with Crippen LogP contribution in [-0.2, 0) is 0 Å². The Morgan fingerprint density at radius 3 is 2.89 bits per heavy atom. The van der Waals surface area contributed by atoms with E-state index in [2.05, 4.69) is 41.5 Å². The van der Waals surface area contributed by atoms with Gasteiger partial charge in [0.2, 0.25) is 0 Å². The Bertz CT molecular complexity index is 513.